The van der Waals surface area contributed by atoms with Crippen LogP contribution in [0.5, 0.6) is 0 Å². The van der Waals surface area contributed by atoms with Crippen LogP contribution in [0.4, 0.5) is 0 Å². The normalized spacial score (nSPS) is 27.3. The van der Waals surface area contributed by atoms with Crippen LogP contribution in [-0.4, -0.2) is 16.2 Å². The van der Waals surface area contributed by atoms with Crippen LogP contribution in [0, 0.1) is 17.8 Å². The van der Waals surface area contributed by atoms with Crippen molar-refractivity contribution in [2.24, 2.45) is 17.8 Å². The lowest BCUT2D eigenvalue weighted by molar-refractivity contribution is -0.151. The highest BCUT2D eigenvalue weighted by atomic mass is 32.1. The smallest absolute Gasteiger partial charge is 0.306 e. The monoisotopic (exact) mass is 332 g/mol. The van der Waals surface area contributed by atoms with E-state index in [1.807, 2.05) is 17.5 Å². The minimum atomic E-state index is -0.498. The zero-order chi connectivity index (χ0) is 15.8. The average Bonchev–Trinajstić information content (AvgIpc) is 3.29. The van der Waals surface area contributed by atoms with Crippen LogP contribution >= 0.6 is 11.3 Å². The first-order valence-corrected chi connectivity index (χ1v) is 9.13. The number of nitrogens with zero attached hydrogens (tertiary/aromatic N) is 2. The Labute approximate surface area is 139 Å². The molecule has 0 N–H and O–H groups in total. The molecular weight excluding hydrogens is 312 g/mol. The Morgan fingerprint density at radius 1 is 1.43 bits per heavy atom. The summed E-state index contributed by atoms with van der Waals surface area (Å²) in [7, 11) is 0. The minimum absolute atomic E-state index is 0.147. The van der Waals surface area contributed by atoms with Crippen LogP contribution in [0.2, 0.25) is 0 Å². The van der Waals surface area contributed by atoms with E-state index in [1.165, 1.54) is 37.0 Å². The zero-order valence-electron chi connectivity index (χ0n) is 13.1. The van der Waals surface area contributed by atoms with Crippen molar-refractivity contribution >= 4 is 17.3 Å². The first-order chi connectivity index (χ1) is 11.2. The molecule has 2 bridgehead atoms. The fourth-order valence-corrected chi connectivity index (χ4v) is 4.68. The van der Waals surface area contributed by atoms with Crippen molar-refractivity contribution in [2.45, 2.75) is 45.1 Å². The predicted octanol–water partition coefficient (Wildman–Crippen LogP) is 4.23. The maximum atomic E-state index is 12.2. The number of ether oxygens (including phenoxy) is 1. The van der Waals surface area contributed by atoms with E-state index in [0.29, 0.717) is 24.1 Å². The first-order valence-electron chi connectivity index (χ1n) is 8.26. The second kappa shape index (κ2) is 6.07. The maximum Gasteiger partial charge on any atom is 0.306 e. The molecule has 23 heavy (non-hydrogen) atoms. The van der Waals surface area contributed by atoms with Gasteiger partial charge in [0.1, 0.15) is 0 Å². The summed E-state index contributed by atoms with van der Waals surface area (Å²) in [6.07, 6.45) is 5.16. The molecule has 2 aromatic heterocycles. The van der Waals surface area contributed by atoms with Crippen LogP contribution < -0.4 is 0 Å². The Morgan fingerprint density at radius 3 is 3.04 bits per heavy atom. The van der Waals surface area contributed by atoms with E-state index >= 15 is 0 Å². The molecule has 0 spiro atoms. The number of hydrogen-bond acceptors (Lipinski definition) is 6. The molecular formula is C17H20N2O3S. The van der Waals surface area contributed by atoms with Gasteiger partial charge in [-0.25, -0.2) is 0 Å². The quantitative estimate of drug-likeness (QED) is 0.767. The fourth-order valence-electron chi connectivity index (χ4n) is 4.03. The topological polar surface area (TPSA) is 65.2 Å². The second-order valence-corrected chi connectivity index (χ2v) is 7.64. The molecule has 2 heterocycles. The molecule has 5 nitrogen and oxygen atoms in total. The molecule has 0 aliphatic heterocycles. The zero-order valence-corrected chi connectivity index (χ0v) is 13.9. The molecule has 0 radical (unpaired) electrons. The van der Waals surface area contributed by atoms with E-state index in [4.69, 9.17) is 9.15 Å². The van der Waals surface area contributed by atoms with Gasteiger partial charge in [0.2, 0.25) is 0 Å². The average molecular weight is 332 g/mol. The van der Waals surface area contributed by atoms with E-state index in [0.717, 1.165) is 16.7 Å². The van der Waals surface area contributed by atoms with E-state index in [-0.39, 0.29) is 5.97 Å². The highest BCUT2D eigenvalue weighted by Gasteiger charge is 2.40. The Bertz CT molecular complexity index is 682. The summed E-state index contributed by atoms with van der Waals surface area (Å²) in [5, 5.41) is 9.99. The number of thiophene rings is 1. The third kappa shape index (κ3) is 3.04. The molecule has 0 aromatic carbocycles. The largest absolute Gasteiger partial charge is 0.453 e. The van der Waals surface area contributed by atoms with Crippen LogP contribution in [0.25, 0.3) is 10.8 Å². The molecule has 2 aliphatic carbocycles. The van der Waals surface area contributed by atoms with E-state index in [2.05, 4.69) is 10.2 Å². The van der Waals surface area contributed by atoms with Gasteiger partial charge < -0.3 is 9.15 Å². The Kier molecular flexibility index (Phi) is 3.93. The molecule has 4 atom stereocenters. The van der Waals surface area contributed by atoms with Gasteiger partial charge in [-0.3, -0.25) is 4.79 Å². The molecule has 2 aromatic rings. The molecule has 0 amide bonds. The molecule has 0 unspecified atom stereocenters. The van der Waals surface area contributed by atoms with Crippen molar-refractivity contribution < 1.29 is 13.9 Å². The number of hydrogen-bond donors (Lipinski definition) is 0. The maximum absolute atomic E-state index is 12.2. The van der Waals surface area contributed by atoms with Crippen molar-refractivity contribution in [2.75, 3.05) is 0 Å². The fraction of sp³-hybridized carbons (Fsp3) is 0.588. The summed E-state index contributed by atoms with van der Waals surface area (Å²) < 4.78 is 11.1. The number of esters is 1. The predicted molar refractivity (Wildman–Crippen MR) is 85.7 cm³/mol. The lowest BCUT2D eigenvalue weighted by atomic mass is 9.86. The van der Waals surface area contributed by atoms with Gasteiger partial charge in [-0.05, 0) is 55.4 Å². The molecule has 6 heteroatoms. The lowest BCUT2D eigenvalue weighted by Crippen LogP contribution is -2.18. The summed E-state index contributed by atoms with van der Waals surface area (Å²) in [4.78, 5) is 13.1. The SMILES string of the molecule is C[C@H](OC(=O)C[C@H]1C[C@H]2CC[C@H]1C2)c1nnc(-c2cccs2)o1. The van der Waals surface area contributed by atoms with Gasteiger partial charge >= 0.3 is 5.97 Å². The summed E-state index contributed by atoms with van der Waals surface area (Å²) in [6.45, 7) is 1.78. The number of fused-ring (bicyclic) bond motifs is 2. The first kappa shape index (κ1) is 14.9. The molecule has 4 rings (SSSR count). The molecule has 0 saturated heterocycles. The second-order valence-electron chi connectivity index (χ2n) is 6.69. The van der Waals surface area contributed by atoms with Crippen molar-refractivity contribution in [3.05, 3.63) is 23.4 Å². The lowest BCUT2D eigenvalue weighted by Gasteiger charge is -2.21. The van der Waals surface area contributed by atoms with Gasteiger partial charge in [-0.2, -0.15) is 0 Å². The molecule has 2 fully saturated rings. The number of carbonyl (C=O) groups excluding carboxylic acids is 1. The summed E-state index contributed by atoms with van der Waals surface area (Å²) in [5.41, 5.74) is 0. The summed E-state index contributed by atoms with van der Waals surface area (Å²) in [6, 6.07) is 3.86. The van der Waals surface area contributed by atoms with Crippen LogP contribution in [-0.2, 0) is 9.53 Å². The molecule has 2 saturated carbocycles. The van der Waals surface area contributed by atoms with Crippen molar-refractivity contribution in [3.63, 3.8) is 0 Å². The third-order valence-corrected chi connectivity index (χ3v) is 6.00. The minimum Gasteiger partial charge on any atom is -0.453 e. The van der Waals surface area contributed by atoms with Gasteiger partial charge in [-0.1, -0.05) is 12.5 Å². The summed E-state index contributed by atoms with van der Waals surface area (Å²) >= 11 is 1.54. The van der Waals surface area contributed by atoms with Gasteiger partial charge in [0.05, 0.1) is 4.88 Å². The van der Waals surface area contributed by atoms with Crippen LogP contribution in [0.15, 0.2) is 21.9 Å². The van der Waals surface area contributed by atoms with Crippen LogP contribution in [0.1, 0.15) is 51.0 Å². The van der Waals surface area contributed by atoms with Gasteiger partial charge in [0.25, 0.3) is 11.8 Å². The number of rotatable bonds is 5. The Hall–Kier alpha value is -1.69. The van der Waals surface area contributed by atoms with E-state index < -0.39 is 6.10 Å². The van der Waals surface area contributed by atoms with Crippen molar-refractivity contribution in [1.29, 1.82) is 0 Å². The van der Waals surface area contributed by atoms with Gasteiger partial charge in [0, 0.05) is 6.42 Å². The van der Waals surface area contributed by atoms with Gasteiger partial charge in [-0.15, -0.1) is 21.5 Å². The number of aromatic nitrogens is 2. The molecule has 122 valence electrons. The number of carbonyl (C=O) groups is 1. The highest BCUT2D eigenvalue weighted by molar-refractivity contribution is 7.13. The van der Waals surface area contributed by atoms with E-state index in [1.54, 1.807) is 6.92 Å². The van der Waals surface area contributed by atoms with E-state index in [9.17, 15) is 4.79 Å². The van der Waals surface area contributed by atoms with Crippen molar-refractivity contribution in [3.8, 4) is 10.8 Å². The van der Waals surface area contributed by atoms with Crippen molar-refractivity contribution in [1.82, 2.24) is 10.2 Å². The Balaban J connectivity index is 1.34. The van der Waals surface area contributed by atoms with Gasteiger partial charge in [0.15, 0.2) is 6.10 Å². The highest BCUT2D eigenvalue weighted by Crippen LogP contribution is 2.49. The Morgan fingerprint density at radius 2 is 2.35 bits per heavy atom. The molecule has 2 aliphatic rings. The van der Waals surface area contributed by atoms with Crippen LogP contribution in [0.3, 0.4) is 0 Å². The standard InChI is InChI=1S/C17H20N2O3S/c1-10(16-18-19-17(22-16)14-3-2-6-23-14)21-15(20)9-13-8-11-4-5-12(13)7-11/h2-3,6,10-13H,4-5,7-9H2,1H3/t10-,11-,12-,13+/m0/s1. The third-order valence-electron chi connectivity index (χ3n) is 5.14. The summed E-state index contributed by atoms with van der Waals surface area (Å²) in [5.74, 6) is 2.78.